The fraction of sp³-hybridized carbons (Fsp3) is 0.304. The molecule has 162 valence electrons. The van der Waals surface area contributed by atoms with Crippen molar-refractivity contribution in [3.8, 4) is 5.75 Å². The zero-order valence-electron chi connectivity index (χ0n) is 16.7. The first-order chi connectivity index (χ1) is 15.0. The lowest BCUT2D eigenvalue weighted by molar-refractivity contribution is -0.140. The second kappa shape index (κ2) is 9.60. The van der Waals surface area contributed by atoms with E-state index in [4.69, 9.17) is 4.74 Å². The third-order valence-corrected chi connectivity index (χ3v) is 5.97. The second-order valence-electron chi connectivity index (χ2n) is 7.36. The van der Waals surface area contributed by atoms with Crippen LogP contribution >= 0.6 is 11.8 Å². The van der Waals surface area contributed by atoms with Gasteiger partial charge >= 0.3 is 6.18 Å². The first-order valence-corrected chi connectivity index (χ1v) is 11.0. The summed E-state index contributed by atoms with van der Waals surface area (Å²) in [5, 5.41) is 2.86. The van der Waals surface area contributed by atoms with Crippen molar-refractivity contribution in [2.24, 2.45) is 0 Å². The van der Waals surface area contributed by atoms with Crippen molar-refractivity contribution >= 4 is 23.4 Å². The van der Waals surface area contributed by atoms with Crippen LogP contribution in [-0.2, 0) is 6.18 Å². The number of ether oxygens (including phenoxy) is 1. The maximum absolute atomic E-state index is 13.5. The highest BCUT2D eigenvalue weighted by Gasteiger charge is 2.35. The summed E-state index contributed by atoms with van der Waals surface area (Å²) in [7, 11) is 0. The van der Waals surface area contributed by atoms with Crippen molar-refractivity contribution in [1.82, 2.24) is 9.97 Å². The minimum Gasteiger partial charge on any atom is -0.490 e. The highest BCUT2D eigenvalue weighted by molar-refractivity contribution is 7.99. The molecule has 1 aliphatic carbocycles. The van der Waals surface area contributed by atoms with Crippen LogP contribution in [0.2, 0.25) is 0 Å². The Bertz CT molecular complexity index is 1010. The van der Waals surface area contributed by atoms with Gasteiger partial charge in [-0.15, -0.1) is 0 Å². The van der Waals surface area contributed by atoms with Crippen LogP contribution in [0.5, 0.6) is 5.75 Å². The number of alkyl halides is 3. The van der Waals surface area contributed by atoms with E-state index >= 15 is 0 Å². The summed E-state index contributed by atoms with van der Waals surface area (Å²) < 4.78 is 46.4. The normalized spacial score (nSPS) is 14.9. The maximum Gasteiger partial charge on any atom is 0.420 e. The molecule has 0 unspecified atom stereocenters. The molecular formula is C23H22F3N3OS. The standard InChI is InChI=1S/C23H22F3N3OS/c24-23(25,26)20-15-27-22(29-21(20)31-19-12-5-2-6-13-19)28-16-8-7-11-18(14-16)30-17-9-3-1-4-10-17/h2,5-8,11-15,17H,1,3-4,9-10H2,(H,27,28,29). The summed E-state index contributed by atoms with van der Waals surface area (Å²) in [5.74, 6) is 0.823. The van der Waals surface area contributed by atoms with Crippen molar-refractivity contribution in [2.75, 3.05) is 5.32 Å². The van der Waals surface area contributed by atoms with Gasteiger partial charge in [0.2, 0.25) is 5.95 Å². The molecule has 0 saturated heterocycles. The third kappa shape index (κ3) is 5.91. The zero-order chi connectivity index (χ0) is 21.7. The monoisotopic (exact) mass is 445 g/mol. The van der Waals surface area contributed by atoms with E-state index in [1.165, 1.54) is 19.3 Å². The van der Waals surface area contributed by atoms with Crippen LogP contribution in [0.25, 0.3) is 0 Å². The summed E-state index contributed by atoms with van der Waals surface area (Å²) in [6, 6.07) is 16.2. The van der Waals surface area contributed by atoms with Crippen LogP contribution < -0.4 is 10.1 Å². The van der Waals surface area contributed by atoms with Crippen molar-refractivity contribution in [3.05, 3.63) is 66.4 Å². The maximum atomic E-state index is 13.5. The molecule has 1 N–H and O–H groups in total. The van der Waals surface area contributed by atoms with Crippen molar-refractivity contribution in [3.63, 3.8) is 0 Å². The fourth-order valence-electron chi connectivity index (χ4n) is 3.45. The Morgan fingerprint density at radius 2 is 1.74 bits per heavy atom. The Labute approximate surface area is 183 Å². The Morgan fingerprint density at radius 3 is 2.48 bits per heavy atom. The average Bonchev–Trinajstić information content (AvgIpc) is 2.75. The predicted molar refractivity (Wildman–Crippen MR) is 115 cm³/mol. The second-order valence-corrected chi connectivity index (χ2v) is 8.42. The van der Waals surface area contributed by atoms with Gasteiger partial charge in [-0.2, -0.15) is 13.2 Å². The molecule has 2 aromatic carbocycles. The van der Waals surface area contributed by atoms with E-state index in [0.717, 1.165) is 36.5 Å². The Morgan fingerprint density at radius 1 is 0.968 bits per heavy atom. The van der Waals surface area contributed by atoms with E-state index in [1.807, 2.05) is 24.3 Å². The third-order valence-electron chi connectivity index (χ3n) is 4.96. The lowest BCUT2D eigenvalue weighted by Crippen LogP contribution is -2.19. The molecule has 8 heteroatoms. The number of anilines is 2. The molecule has 1 heterocycles. The highest BCUT2D eigenvalue weighted by Crippen LogP contribution is 2.38. The lowest BCUT2D eigenvalue weighted by Gasteiger charge is -2.23. The number of nitrogens with zero attached hydrogens (tertiary/aromatic N) is 2. The lowest BCUT2D eigenvalue weighted by atomic mass is 9.98. The van der Waals surface area contributed by atoms with E-state index < -0.39 is 11.7 Å². The summed E-state index contributed by atoms with van der Waals surface area (Å²) in [5.41, 5.74) is -0.204. The van der Waals surface area contributed by atoms with Crippen LogP contribution in [0.15, 0.2) is 70.7 Å². The van der Waals surface area contributed by atoms with E-state index in [1.54, 1.807) is 30.3 Å². The highest BCUT2D eigenvalue weighted by atomic mass is 32.2. The van der Waals surface area contributed by atoms with Crippen LogP contribution in [0, 0.1) is 0 Å². The van der Waals surface area contributed by atoms with Gasteiger partial charge in [0, 0.05) is 22.8 Å². The van der Waals surface area contributed by atoms with Gasteiger partial charge in [0.05, 0.1) is 6.10 Å². The fourth-order valence-corrected chi connectivity index (χ4v) is 4.38. The molecule has 4 nitrogen and oxygen atoms in total. The Balaban J connectivity index is 1.54. The molecule has 1 fully saturated rings. The molecule has 0 bridgehead atoms. The largest absolute Gasteiger partial charge is 0.490 e. The molecule has 0 spiro atoms. The SMILES string of the molecule is FC(F)(F)c1cnc(Nc2cccc(OC3CCCCC3)c2)nc1Sc1ccccc1. The van der Waals surface area contributed by atoms with Gasteiger partial charge in [0.1, 0.15) is 16.3 Å². The van der Waals surface area contributed by atoms with Gasteiger partial charge in [0.25, 0.3) is 0 Å². The molecule has 4 rings (SSSR count). The molecule has 0 amide bonds. The van der Waals surface area contributed by atoms with Gasteiger partial charge in [-0.05, 0) is 49.9 Å². The van der Waals surface area contributed by atoms with Crippen molar-refractivity contribution < 1.29 is 17.9 Å². The van der Waals surface area contributed by atoms with E-state index in [-0.39, 0.29) is 17.1 Å². The topological polar surface area (TPSA) is 47.0 Å². The molecule has 1 aromatic heterocycles. The van der Waals surface area contributed by atoms with Crippen LogP contribution in [0.3, 0.4) is 0 Å². The molecular weight excluding hydrogens is 423 g/mol. The number of hydrogen-bond donors (Lipinski definition) is 1. The number of hydrogen-bond acceptors (Lipinski definition) is 5. The summed E-state index contributed by atoms with van der Waals surface area (Å²) in [6.45, 7) is 0. The van der Waals surface area contributed by atoms with Crippen LogP contribution in [0.1, 0.15) is 37.7 Å². The van der Waals surface area contributed by atoms with Gasteiger partial charge in [-0.1, -0.05) is 42.4 Å². The van der Waals surface area contributed by atoms with E-state index in [9.17, 15) is 13.2 Å². The minimum atomic E-state index is -4.54. The van der Waals surface area contributed by atoms with E-state index in [2.05, 4.69) is 15.3 Å². The number of rotatable bonds is 6. The zero-order valence-corrected chi connectivity index (χ0v) is 17.5. The molecule has 3 aromatic rings. The van der Waals surface area contributed by atoms with Gasteiger partial charge in [0.15, 0.2) is 0 Å². The summed E-state index contributed by atoms with van der Waals surface area (Å²) in [6.07, 6.45) is 2.16. The van der Waals surface area contributed by atoms with E-state index in [0.29, 0.717) is 10.6 Å². The van der Waals surface area contributed by atoms with Crippen LogP contribution in [0.4, 0.5) is 24.8 Å². The van der Waals surface area contributed by atoms with Crippen molar-refractivity contribution in [1.29, 1.82) is 0 Å². The Kier molecular flexibility index (Phi) is 6.65. The minimum absolute atomic E-state index is 0.0984. The number of halogens is 3. The molecule has 1 saturated carbocycles. The van der Waals surface area contributed by atoms with Gasteiger partial charge in [-0.3, -0.25) is 0 Å². The first kappa shape index (κ1) is 21.5. The number of benzene rings is 2. The van der Waals surface area contributed by atoms with Crippen LogP contribution in [-0.4, -0.2) is 16.1 Å². The van der Waals surface area contributed by atoms with Crippen molar-refractivity contribution in [2.45, 2.75) is 54.3 Å². The van der Waals surface area contributed by atoms with Gasteiger partial charge < -0.3 is 10.1 Å². The number of aromatic nitrogens is 2. The van der Waals surface area contributed by atoms with Gasteiger partial charge in [-0.25, -0.2) is 9.97 Å². The molecule has 0 radical (unpaired) electrons. The predicted octanol–water partition coefficient (Wildman–Crippen LogP) is 7.10. The smallest absolute Gasteiger partial charge is 0.420 e. The Hall–Kier alpha value is -2.74. The molecule has 0 atom stereocenters. The molecule has 1 aliphatic rings. The summed E-state index contributed by atoms with van der Waals surface area (Å²) >= 11 is 0.956. The molecule has 0 aliphatic heterocycles. The average molecular weight is 446 g/mol. The summed E-state index contributed by atoms with van der Waals surface area (Å²) in [4.78, 5) is 8.71. The quantitative estimate of drug-likeness (QED) is 0.410. The molecule has 31 heavy (non-hydrogen) atoms. The first-order valence-electron chi connectivity index (χ1n) is 10.2. The number of nitrogens with one attached hydrogen (secondary N) is 1.